The number of nitro benzene ring substituents is 1. The molecule has 1 saturated carbocycles. The van der Waals surface area contributed by atoms with Crippen molar-refractivity contribution in [1.29, 1.82) is 0 Å². The van der Waals surface area contributed by atoms with E-state index in [-0.39, 0.29) is 17.4 Å². The third-order valence-corrected chi connectivity index (χ3v) is 4.04. The summed E-state index contributed by atoms with van der Waals surface area (Å²) in [5.74, 6) is -0.0636. The molecule has 0 bridgehead atoms. The molecule has 0 unspecified atom stereocenters. The van der Waals surface area contributed by atoms with Crippen molar-refractivity contribution in [2.45, 2.75) is 38.7 Å². The predicted octanol–water partition coefficient (Wildman–Crippen LogP) is 2.18. The first-order valence-corrected chi connectivity index (χ1v) is 7.19. The quantitative estimate of drug-likeness (QED) is 0.657. The van der Waals surface area contributed by atoms with E-state index in [4.69, 9.17) is 0 Å². The summed E-state index contributed by atoms with van der Waals surface area (Å²) in [5, 5.41) is 23.3. The van der Waals surface area contributed by atoms with Gasteiger partial charge in [0.1, 0.15) is 5.56 Å². The number of nitrogens with one attached hydrogen (secondary N) is 1. The highest BCUT2D eigenvalue weighted by molar-refractivity contribution is 5.99. The van der Waals surface area contributed by atoms with E-state index in [1.165, 1.54) is 6.07 Å². The van der Waals surface area contributed by atoms with Gasteiger partial charge >= 0.3 is 0 Å². The predicted molar refractivity (Wildman–Crippen MR) is 78.1 cm³/mol. The van der Waals surface area contributed by atoms with Crippen molar-refractivity contribution in [3.8, 4) is 0 Å². The topological polar surface area (TPSA) is 92.5 Å². The van der Waals surface area contributed by atoms with Crippen LogP contribution in [0.5, 0.6) is 0 Å². The molecule has 0 aromatic heterocycles. The third kappa shape index (κ3) is 3.78. The summed E-state index contributed by atoms with van der Waals surface area (Å²) in [4.78, 5) is 22.7. The number of hydrogen-bond donors (Lipinski definition) is 2. The van der Waals surface area contributed by atoms with Gasteiger partial charge in [-0.1, -0.05) is 12.1 Å². The molecule has 0 aliphatic heterocycles. The molecule has 1 aromatic rings. The molecular formula is C15H20N2O4. The molecule has 2 N–H and O–H groups in total. The fourth-order valence-corrected chi connectivity index (χ4v) is 2.77. The van der Waals surface area contributed by atoms with Crippen LogP contribution in [-0.2, 0) is 0 Å². The molecule has 0 saturated heterocycles. The summed E-state index contributed by atoms with van der Waals surface area (Å²) < 4.78 is 0. The van der Waals surface area contributed by atoms with Gasteiger partial charge in [-0.3, -0.25) is 14.9 Å². The molecule has 6 heteroatoms. The molecule has 0 radical (unpaired) electrons. The Bertz CT molecular complexity index is 536. The largest absolute Gasteiger partial charge is 0.393 e. The van der Waals surface area contributed by atoms with E-state index in [2.05, 4.69) is 5.32 Å². The van der Waals surface area contributed by atoms with Crippen LogP contribution in [0.3, 0.4) is 0 Å². The van der Waals surface area contributed by atoms with Gasteiger partial charge < -0.3 is 10.4 Å². The molecule has 114 valence electrons. The Labute approximate surface area is 123 Å². The first-order valence-electron chi connectivity index (χ1n) is 7.19. The molecule has 1 aromatic carbocycles. The fraction of sp³-hybridized carbons (Fsp3) is 0.533. The van der Waals surface area contributed by atoms with Crippen LogP contribution in [0, 0.1) is 23.0 Å². The smallest absolute Gasteiger partial charge is 0.282 e. The van der Waals surface area contributed by atoms with Crippen molar-refractivity contribution in [3.63, 3.8) is 0 Å². The maximum absolute atomic E-state index is 12.2. The number of aliphatic hydroxyl groups is 1. The Kier molecular flexibility index (Phi) is 4.90. The minimum Gasteiger partial charge on any atom is -0.393 e. The zero-order valence-electron chi connectivity index (χ0n) is 12.0. The van der Waals surface area contributed by atoms with Crippen molar-refractivity contribution >= 4 is 11.6 Å². The van der Waals surface area contributed by atoms with E-state index in [0.29, 0.717) is 18.0 Å². The first-order chi connectivity index (χ1) is 9.99. The molecule has 6 nitrogen and oxygen atoms in total. The highest BCUT2D eigenvalue weighted by atomic mass is 16.6. The lowest BCUT2D eigenvalue weighted by Gasteiger charge is -2.25. The Morgan fingerprint density at radius 3 is 2.67 bits per heavy atom. The van der Waals surface area contributed by atoms with Crippen molar-refractivity contribution in [1.82, 2.24) is 5.32 Å². The van der Waals surface area contributed by atoms with Crippen LogP contribution in [0.2, 0.25) is 0 Å². The highest BCUT2D eigenvalue weighted by Crippen LogP contribution is 2.25. The van der Waals surface area contributed by atoms with Gasteiger partial charge in [-0.2, -0.15) is 0 Å². The second kappa shape index (κ2) is 6.67. The van der Waals surface area contributed by atoms with Gasteiger partial charge in [0.25, 0.3) is 11.6 Å². The normalized spacial score (nSPS) is 21.8. The zero-order valence-corrected chi connectivity index (χ0v) is 12.0. The Balaban J connectivity index is 2.02. The van der Waals surface area contributed by atoms with Gasteiger partial charge in [0.2, 0.25) is 0 Å². The van der Waals surface area contributed by atoms with E-state index in [1.807, 2.05) is 0 Å². The lowest BCUT2D eigenvalue weighted by atomic mass is 9.87. The van der Waals surface area contributed by atoms with E-state index >= 15 is 0 Å². The van der Waals surface area contributed by atoms with Gasteiger partial charge in [0, 0.05) is 12.6 Å². The van der Waals surface area contributed by atoms with Crippen molar-refractivity contribution < 1.29 is 14.8 Å². The average molecular weight is 292 g/mol. The van der Waals surface area contributed by atoms with Crippen molar-refractivity contribution in [2.75, 3.05) is 6.54 Å². The zero-order chi connectivity index (χ0) is 15.4. The molecule has 1 aliphatic rings. The third-order valence-electron chi connectivity index (χ3n) is 4.04. The summed E-state index contributed by atoms with van der Waals surface area (Å²) in [6, 6.07) is 4.62. The molecule has 1 fully saturated rings. The molecular weight excluding hydrogens is 272 g/mol. The number of carbonyl (C=O) groups excluding carboxylic acids is 1. The monoisotopic (exact) mass is 292 g/mol. The van der Waals surface area contributed by atoms with Crippen molar-refractivity contribution in [2.24, 2.45) is 5.92 Å². The lowest BCUT2D eigenvalue weighted by Crippen LogP contribution is -2.32. The number of nitro groups is 1. The van der Waals surface area contributed by atoms with Crippen LogP contribution in [0.15, 0.2) is 18.2 Å². The van der Waals surface area contributed by atoms with Crippen LogP contribution in [0.4, 0.5) is 5.69 Å². The second-order valence-corrected chi connectivity index (χ2v) is 5.61. The number of aliphatic hydroxyl groups excluding tert-OH is 1. The highest BCUT2D eigenvalue weighted by Gasteiger charge is 2.24. The number of aryl methyl sites for hydroxylation is 1. The van der Waals surface area contributed by atoms with Gasteiger partial charge in [-0.15, -0.1) is 0 Å². The van der Waals surface area contributed by atoms with Gasteiger partial charge in [-0.05, 0) is 44.1 Å². The summed E-state index contributed by atoms with van der Waals surface area (Å²) in [5.41, 5.74) is 0.575. The van der Waals surface area contributed by atoms with E-state index < -0.39 is 10.8 Å². The van der Waals surface area contributed by atoms with Gasteiger partial charge in [-0.25, -0.2) is 0 Å². The number of amides is 1. The number of benzene rings is 1. The molecule has 2 rings (SSSR count). The van der Waals surface area contributed by atoms with E-state index in [1.54, 1.807) is 19.1 Å². The summed E-state index contributed by atoms with van der Waals surface area (Å²) in [7, 11) is 0. The minimum absolute atomic E-state index is 0.137. The average Bonchev–Trinajstić information content (AvgIpc) is 2.46. The number of carbonyl (C=O) groups is 1. The second-order valence-electron chi connectivity index (χ2n) is 5.61. The van der Waals surface area contributed by atoms with E-state index in [9.17, 15) is 20.0 Å². The SMILES string of the molecule is Cc1cccc([N+](=O)[O-])c1C(=O)NCC1CCC(O)CC1. The summed E-state index contributed by atoms with van der Waals surface area (Å²) in [6.07, 6.45) is 3.03. The van der Waals surface area contributed by atoms with Crippen LogP contribution in [0.1, 0.15) is 41.6 Å². The molecule has 0 atom stereocenters. The van der Waals surface area contributed by atoms with Crippen LogP contribution in [-0.4, -0.2) is 28.6 Å². The molecule has 21 heavy (non-hydrogen) atoms. The maximum atomic E-state index is 12.2. The van der Waals surface area contributed by atoms with Crippen molar-refractivity contribution in [3.05, 3.63) is 39.4 Å². The Hall–Kier alpha value is -1.95. The lowest BCUT2D eigenvalue weighted by molar-refractivity contribution is -0.385. The summed E-state index contributed by atoms with van der Waals surface area (Å²) >= 11 is 0. The first kappa shape index (κ1) is 15.4. The van der Waals surface area contributed by atoms with E-state index in [0.717, 1.165) is 25.7 Å². The summed E-state index contributed by atoms with van der Waals surface area (Å²) in [6.45, 7) is 2.19. The Morgan fingerprint density at radius 1 is 1.38 bits per heavy atom. The molecule has 1 aliphatic carbocycles. The number of rotatable bonds is 4. The number of hydrogen-bond acceptors (Lipinski definition) is 4. The standard InChI is InChI=1S/C15H20N2O4/c1-10-3-2-4-13(17(20)21)14(10)15(19)16-9-11-5-7-12(18)8-6-11/h2-4,11-12,18H,5-9H2,1H3,(H,16,19). The molecule has 1 amide bonds. The molecule has 0 spiro atoms. The van der Waals surface area contributed by atoms with Gasteiger partial charge in [0.15, 0.2) is 0 Å². The maximum Gasteiger partial charge on any atom is 0.282 e. The van der Waals surface area contributed by atoms with Gasteiger partial charge in [0.05, 0.1) is 11.0 Å². The minimum atomic E-state index is -0.529. The van der Waals surface area contributed by atoms with Crippen LogP contribution < -0.4 is 5.32 Å². The van der Waals surface area contributed by atoms with Crippen LogP contribution >= 0.6 is 0 Å². The molecule has 0 heterocycles. The fourth-order valence-electron chi connectivity index (χ4n) is 2.77. The van der Waals surface area contributed by atoms with Crippen LogP contribution in [0.25, 0.3) is 0 Å². The number of nitrogens with zero attached hydrogens (tertiary/aromatic N) is 1. The Morgan fingerprint density at radius 2 is 2.05 bits per heavy atom.